The van der Waals surface area contributed by atoms with Crippen molar-refractivity contribution >= 4 is 33.1 Å². The lowest BCUT2D eigenvalue weighted by Crippen LogP contribution is -2.21. The predicted molar refractivity (Wildman–Crippen MR) is 141 cm³/mol. The third kappa shape index (κ3) is 6.14. The van der Waals surface area contributed by atoms with Crippen molar-refractivity contribution in [3.8, 4) is 5.75 Å². The Morgan fingerprint density at radius 1 is 1.03 bits per heavy atom. The van der Waals surface area contributed by atoms with E-state index in [0.29, 0.717) is 19.4 Å². The molecule has 0 radical (unpaired) electrons. The Labute approximate surface area is 202 Å². The fraction of sp³-hybridized carbons (Fsp3) is 0.500. The lowest BCUT2D eigenvalue weighted by molar-refractivity contribution is -0.116. The van der Waals surface area contributed by atoms with Gasteiger partial charge in [-0.3, -0.25) is 4.79 Å². The Morgan fingerprint density at radius 3 is 2.45 bits per heavy atom. The largest absolute Gasteiger partial charge is 0.493 e. The van der Waals surface area contributed by atoms with Gasteiger partial charge in [0.25, 0.3) is 0 Å². The van der Waals surface area contributed by atoms with E-state index in [9.17, 15) is 4.79 Å². The topological polar surface area (TPSA) is 51.2 Å². The van der Waals surface area contributed by atoms with E-state index in [0.717, 1.165) is 39.5 Å². The minimum Gasteiger partial charge on any atom is -0.493 e. The van der Waals surface area contributed by atoms with E-state index in [-0.39, 0.29) is 16.7 Å². The third-order valence-corrected chi connectivity index (χ3v) is 7.78. The van der Waals surface area contributed by atoms with Crippen molar-refractivity contribution in [1.82, 2.24) is 4.98 Å². The molecule has 0 fully saturated rings. The van der Waals surface area contributed by atoms with Crippen molar-refractivity contribution in [2.24, 2.45) is 0 Å². The average Bonchev–Trinajstić information content (AvgIpc) is 3.15. The molecular formula is C28H38N2O2S. The number of nitrogens with zero attached hydrogens (tertiary/aromatic N) is 1. The van der Waals surface area contributed by atoms with Gasteiger partial charge in [0, 0.05) is 17.7 Å². The summed E-state index contributed by atoms with van der Waals surface area (Å²) in [5.74, 6) is 0.942. The fourth-order valence-corrected chi connectivity index (χ4v) is 4.62. The molecule has 0 aliphatic carbocycles. The first-order valence-electron chi connectivity index (χ1n) is 12.0. The van der Waals surface area contributed by atoms with E-state index < -0.39 is 0 Å². The number of amides is 1. The molecule has 1 aromatic heterocycles. The van der Waals surface area contributed by atoms with Gasteiger partial charge in [0.05, 0.1) is 21.8 Å². The van der Waals surface area contributed by atoms with Crippen LogP contribution in [-0.2, 0) is 15.6 Å². The minimum atomic E-state index is 0.00772. The second-order valence-corrected chi connectivity index (χ2v) is 11.3. The number of fused-ring (bicyclic) bond motifs is 1. The molecule has 1 amide bonds. The molecule has 3 rings (SSSR count). The van der Waals surface area contributed by atoms with E-state index in [1.54, 1.807) is 11.3 Å². The number of thiazole rings is 1. The van der Waals surface area contributed by atoms with Crippen molar-refractivity contribution in [2.75, 3.05) is 11.9 Å². The van der Waals surface area contributed by atoms with Gasteiger partial charge in [-0.15, -0.1) is 11.3 Å². The molecule has 0 spiro atoms. The molecule has 1 heterocycles. The lowest BCUT2D eigenvalue weighted by Gasteiger charge is -2.30. The first-order valence-corrected chi connectivity index (χ1v) is 12.8. The smallest absolute Gasteiger partial charge is 0.224 e. The Morgan fingerprint density at radius 2 is 1.76 bits per heavy atom. The summed E-state index contributed by atoms with van der Waals surface area (Å²) in [5, 5.41) is 4.03. The molecule has 0 aliphatic rings. The Kier molecular flexibility index (Phi) is 7.84. The van der Waals surface area contributed by atoms with Crippen LogP contribution in [0.15, 0.2) is 36.4 Å². The number of aryl methyl sites for hydroxylation is 1. The molecule has 1 N–H and O–H groups in total. The molecule has 4 nitrogen and oxygen atoms in total. The van der Waals surface area contributed by atoms with Crippen molar-refractivity contribution in [2.45, 2.75) is 85.0 Å². The summed E-state index contributed by atoms with van der Waals surface area (Å²) in [6, 6.07) is 12.5. The summed E-state index contributed by atoms with van der Waals surface area (Å²) in [7, 11) is 0. The van der Waals surface area contributed by atoms with Gasteiger partial charge in [-0.25, -0.2) is 4.98 Å². The standard InChI is InChI=1S/C28H38N2O2S/c1-8-27(4,5)20-12-15-24(22(17-20)28(6,7)9-2)32-16-10-11-26(31)30-21-13-14-23-25(18-21)33-19(3)29-23/h12-15,17-18H,8-11,16H2,1-7H3,(H,30,31). The number of aromatic nitrogens is 1. The molecule has 2 aromatic carbocycles. The quantitative estimate of drug-likeness (QED) is 0.310. The van der Waals surface area contributed by atoms with Crippen LogP contribution in [0.3, 0.4) is 0 Å². The number of anilines is 1. The number of hydrogen-bond acceptors (Lipinski definition) is 4. The Hall–Kier alpha value is -2.40. The highest BCUT2D eigenvalue weighted by Gasteiger charge is 2.26. The summed E-state index contributed by atoms with van der Waals surface area (Å²) in [5.41, 5.74) is 4.56. The molecule has 33 heavy (non-hydrogen) atoms. The van der Waals surface area contributed by atoms with Crippen LogP contribution in [-0.4, -0.2) is 17.5 Å². The van der Waals surface area contributed by atoms with Gasteiger partial charge < -0.3 is 10.1 Å². The van der Waals surface area contributed by atoms with Crippen LogP contribution in [0.4, 0.5) is 5.69 Å². The zero-order chi connectivity index (χ0) is 24.2. The van der Waals surface area contributed by atoms with E-state index in [1.165, 1.54) is 11.1 Å². The number of hydrogen-bond donors (Lipinski definition) is 1. The Balaban J connectivity index is 1.60. The summed E-state index contributed by atoms with van der Waals surface area (Å²) in [6.45, 7) is 16.1. The van der Waals surface area contributed by atoms with Gasteiger partial charge in [-0.05, 0) is 66.8 Å². The molecule has 0 unspecified atom stereocenters. The van der Waals surface area contributed by atoms with Crippen LogP contribution in [0.25, 0.3) is 10.2 Å². The number of benzene rings is 2. The van der Waals surface area contributed by atoms with Crippen LogP contribution < -0.4 is 10.1 Å². The van der Waals surface area contributed by atoms with Crippen LogP contribution in [0.5, 0.6) is 5.75 Å². The molecule has 3 aromatic rings. The molecule has 0 atom stereocenters. The highest BCUT2D eigenvalue weighted by molar-refractivity contribution is 7.18. The predicted octanol–water partition coefficient (Wildman–Crippen LogP) is 7.78. The second-order valence-electron chi connectivity index (χ2n) is 10.1. The lowest BCUT2D eigenvalue weighted by atomic mass is 9.76. The fourth-order valence-electron chi connectivity index (χ4n) is 3.76. The average molecular weight is 467 g/mol. The van der Waals surface area contributed by atoms with E-state index >= 15 is 0 Å². The van der Waals surface area contributed by atoms with Crippen molar-refractivity contribution < 1.29 is 9.53 Å². The minimum absolute atomic E-state index is 0.00772. The van der Waals surface area contributed by atoms with Crippen LogP contribution in [0.1, 0.15) is 83.4 Å². The zero-order valence-corrected chi connectivity index (χ0v) is 22.0. The van der Waals surface area contributed by atoms with Gasteiger partial charge in [0.15, 0.2) is 0 Å². The van der Waals surface area contributed by atoms with Crippen molar-refractivity contribution in [3.05, 3.63) is 52.5 Å². The molecule has 0 saturated heterocycles. The van der Waals surface area contributed by atoms with Gasteiger partial charge >= 0.3 is 0 Å². The number of nitrogens with one attached hydrogen (secondary N) is 1. The molecule has 178 valence electrons. The van der Waals surface area contributed by atoms with Gasteiger partial charge in [-0.1, -0.05) is 53.7 Å². The molecule has 5 heteroatoms. The summed E-state index contributed by atoms with van der Waals surface area (Å²) in [4.78, 5) is 16.9. The van der Waals surface area contributed by atoms with Crippen LogP contribution >= 0.6 is 11.3 Å². The maximum Gasteiger partial charge on any atom is 0.224 e. The maximum atomic E-state index is 12.4. The number of rotatable bonds is 10. The van der Waals surface area contributed by atoms with Gasteiger partial charge in [0.2, 0.25) is 5.91 Å². The SMILES string of the molecule is CCC(C)(C)c1ccc(OCCCC(=O)Nc2ccc3nc(C)sc3c2)c(C(C)(C)CC)c1. The first-order chi connectivity index (χ1) is 15.6. The highest BCUT2D eigenvalue weighted by atomic mass is 32.1. The van der Waals surface area contributed by atoms with Gasteiger partial charge in [-0.2, -0.15) is 0 Å². The molecular weight excluding hydrogens is 428 g/mol. The molecule has 0 saturated carbocycles. The Bertz CT molecular complexity index is 1110. The van der Waals surface area contributed by atoms with E-state index in [4.69, 9.17) is 4.74 Å². The summed E-state index contributed by atoms with van der Waals surface area (Å²) in [6.07, 6.45) is 3.21. The number of carbonyl (C=O) groups is 1. The highest BCUT2D eigenvalue weighted by Crippen LogP contribution is 2.38. The van der Waals surface area contributed by atoms with Crippen LogP contribution in [0, 0.1) is 6.92 Å². The zero-order valence-electron chi connectivity index (χ0n) is 21.2. The third-order valence-electron chi connectivity index (χ3n) is 6.84. The van der Waals surface area contributed by atoms with E-state index in [2.05, 4.69) is 70.0 Å². The van der Waals surface area contributed by atoms with Crippen LogP contribution in [0.2, 0.25) is 0 Å². The van der Waals surface area contributed by atoms with Crippen molar-refractivity contribution in [3.63, 3.8) is 0 Å². The van der Waals surface area contributed by atoms with E-state index in [1.807, 2.05) is 25.1 Å². The maximum absolute atomic E-state index is 12.4. The van der Waals surface area contributed by atoms with Gasteiger partial charge in [0.1, 0.15) is 5.75 Å². The molecule has 0 bridgehead atoms. The summed E-state index contributed by atoms with van der Waals surface area (Å²) < 4.78 is 7.29. The summed E-state index contributed by atoms with van der Waals surface area (Å²) >= 11 is 1.64. The van der Waals surface area contributed by atoms with Crippen molar-refractivity contribution in [1.29, 1.82) is 0 Å². The normalized spacial score (nSPS) is 12.2. The first kappa shape index (κ1) is 25.2. The second kappa shape index (κ2) is 10.3. The number of ether oxygens (including phenoxy) is 1. The monoisotopic (exact) mass is 466 g/mol. The number of carbonyl (C=O) groups excluding carboxylic acids is 1. The molecule has 0 aliphatic heterocycles.